The van der Waals surface area contributed by atoms with Gasteiger partial charge in [-0.2, -0.15) is 0 Å². The van der Waals surface area contributed by atoms with Gasteiger partial charge in [0.1, 0.15) is 0 Å². The molecule has 0 saturated heterocycles. The molecule has 124 valence electrons. The third-order valence-electron chi connectivity index (χ3n) is 3.04. The van der Waals surface area contributed by atoms with Gasteiger partial charge in [-0.1, -0.05) is 6.92 Å². The highest BCUT2D eigenvalue weighted by Crippen LogP contribution is 2.15. The summed E-state index contributed by atoms with van der Waals surface area (Å²) in [5.74, 6) is 0.299. The van der Waals surface area contributed by atoms with E-state index >= 15 is 0 Å². The maximum Gasteiger partial charge on any atom is 0.269 e. The van der Waals surface area contributed by atoms with Crippen LogP contribution in [0.4, 0.5) is 11.4 Å². The predicted molar refractivity (Wildman–Crippen MR) is 89.3 cm³/mol. The van der Waals surface area contributed by atoms with Crippen LogP contribution < -0.4 is 16.4 Å². The second-order valence-corrected chi connectivity index (χ2v) is 4.98. The lowest BCUT2D eigenvalue weighted by Gasteiger charge is -2.10. The Bertz CT molecular complexity index is 468. The van der Waals surface area contributed by atoms with Crippen molar-refractivity contribution in [3.05, 3.63) is 34.4 Å². The van der Waals surface area contributed by atoms with Crippen LogP contribution in [-0.2, 0) is 4.79 Å². The molecule has 0 radical (unpaired) electrons. The maximum absolute atomic E-state index is 11.5. The van der Waals surface area contributed by atoms with Gasteiger partial charge in [-0.3, -0.25) is 14.9 Å². The Hall–Kier alpha value is -1.86. The summed E-state index contributed by atoms with van der Waals surface area (Å²) in [6.45, 7) is 3.78. The molecular formula is C14H23ClN4O3. The largest absolute Gasteiger partial charge is 0.385 e. The number of nitrogens with two attached hydrogens (primary N) is 1. The first-order valence-electron chi connectivity index (χ1n) is 6.98. The number of nitrogens with one attached hydrogen (secondary N) is 2. The number of carbonyl (C=O) groups excluding carboxylic acids is 1. The van der Waals surface area contributed by atoms with Gasteiger partial charge in [0, 0.05) is 37.3 Å². The van der Waals surface area contributed by atoms with Crippen molar-refractivity contribution in [3.63, 3.8) is 0 Å². The van der Waals surface area contributed by atoms with Crippen LogP contribution in [0.25, 0.3) is 0 Å². The second kappa shape index (κ2) is 10.8. The normalized spacial score (nSPS) is 11.2. The number of rotatable bonds is 9. The minimum absolute atomic E-state index is 0. The summed E-state index contributed by atoms with van der Waals surface area (Å²) in [5, 5.41) is 16.5. The van der Waals surface area contributed by atoms with E-state index in [9.17, 15) is 14.9 Å². The van der Waals surface area contributed by atoms with Crippen molar-refractivity contribution in [2.24, 2.45) is 11.7 Å². The summed E-state index contributed by atoms with van der Waals surface area (Å²) >= 11 is 0. The van der Waals surface area contributed by atoms with E-state index in [0.717, 1.165) is 5.69 Å². The van der Waals surface area contributed by atoms with Gasteiger partial charge >= 0.3 is 0 Å². The molecule has 4 N–H and O–H groups in total. The lowest BCUT2D eigenvalue weighted by atomic mass is 10.2. The number of nitro benzene ring substituents is 1. The molecule has 0 aliphatic carbocycles. The van der Waals surface area contributed by atoms with E-state index in [1.807, 2.05) is 6.92 Å². The molecule has 1 unspecified atom stereocenters. The Morgan fingerprint density at radius 1 is 1.36 bits per heavy atom. The van der Waals surface area contributed by atoms with Crippen molar-refractivity contribution in [2.45, 2.75) is 19.8 Å². The number of non-ortho nitro benzene ring substituents is 1. The van der Waals surface area contributed by atoms with Gasteiger partial charge in [-0.05, 0) is 31.0 Å². The molecule has 1 aromatic rings. The van der Waals surface area contributed by atoms with Gasteiger partial charge in [0.2, 0.25) is 5.91 Å². The zero-order chi connectivity index (χ0) is 15.7. The van der Waals surface area contributed by atoms with Crippen LogP contribution in [0.5, 0.6) is 0 Å². The SMILES string of the molecule is CC(CN)CNC(=O)CCCNc1ccc([N+](=O)[O-])cc1.Cl. The average Bonchev–Trinajstić information content (AvgIpc) is 2.49. The van der Waals surface area contributed by atoms with Crippen LogP contribution in [0.2, 0.25) is 0 Å². The molecular weight excluding hydrogens is 308 g/mol. The summed E-state index contributed by atoms with van der Waals surface area (Å²) < 4.78 is 0. The highest BCUT2D eigenvalue weighted by atomic mass is 35.5. The first kappa shape index (κ1) is 20.1. The maximum atomic E-state index is 11.5. The number of amides is 1. The summed E-state index contributed by atoms with van der Waals surface area (Å²) in [7, 11) is 0. The van der Waals surface area contributed by atoms with Crippen molar-refractivity contribution < 1.29 is 9.72 Å². The summed E-state index contributed by atoms with van der Waals surface area (Å²) in [6, 6.07) is 6.20. The topological polar surface area (TPSA) is 110 Å². The van der Waals surface area contributed by atoms with Gasteiger partial charge in [0.15, 0.2) is 0 Å². The van der Waals surface area contributed by atoms with Crippen LogP contribution in [0.3, 0.4) is 0 Å². The van der Waals surface area contributed by atoms with E-state index in [1.54, 1.807) is 12.1 Å². The zero-order valence-electron chi connectivity index (χ0n) is 12.6. The molecule has 0 bridgehead atoms. The van der Waals surface area contributed by atoms with Gasteiger partial charge in [-0.15, -0.1) is 12.4 Å². The Balaban J connectivity index is 0.00000441. The number of halogens is 1. The number of hydrogen-bond acceptors (Lipinski definition) is 5. The molecule has 0 aromatic heterocycles. The summed E-state index contributed by atoms with van der Waals surface area (Å²) in [6.07, 6.45) is 1.14. The molecule has 22 heavy (non-hydrogen) atoms. The van der Waals surface area contributed by atoms with Crippen LogP contribution in [0.1, 0.15) is 19.8 Å². The van der Waals surface area contributed by atoms with E-state index in [2.05, 4.69) is 10.6 Å². The third kappa shape index (κ3) is 7.80. The molecule has 0 aliphatic rings. The third-order valence-corrected chi connectivity index (χ3v) is 3.04. The molecule has 1 aromatic carbocycles. The number of hydrogen-bond donors (Lipinski definition) is 3. The lowest BCUT2D eigenvalue weighted by Crippen LogP contribution is -2.31. The van der Waals surface area contributed by atoms with Gasteiger partial charge in [0.05, 0.1) is 4.92 Å². The fourth-order valence-corrected chi connectivity index (χ4v) is 1.64. The van der Waals surface area contributed by atoms with Gasteiger partial charge in [-0.25, -0.2) is 0 Å². The van der Waals surface area contributed by atoms with Crippen molar-refractivity contribution in [3.8, 4) is 0 Å². The van der Waals surface area contributed by atoms with E-state index in [-0.39, 0.29) is 29.9 Å². The van der Waals surface area contributed by atoms with E-state index in [1.165, 1.54) is 12.1 Å². The standard InChI is InChI=1S/C14H22N4O3.ClH/c1-11(9-15)10-17-14(19)3-2-8-16-12-4-6-13(7-5-12)18(20)21;/h4-7,11,16H,2-3,8-10,15H2,1H3,(H,17,19);1H. The Morgan fingerprint density at radius 2 is 2.00 bits per heavy atom. The lowest BCUT2D eigenvalue weighted by molar-refractivity contribution is -0.384. The zero-order valence-corrected chi connectivity index (χ0v) is 13.4. The first-order valence-corrected chi connectivity index (χ1v) is 6.98. The number of anilines is 1. The van der Waals surface area contributed by atoms with Crippen molar-refractivity contribution in [2.75, 3.05) is 25.0 Å². The molecule has 7 nitrogen and oxygen atoms in total. The second-order valence-electron chi connectivity index (χ2n) is 4.98. The van der Waals surface area contributed by atoms with Crippen LogP contribution in [-0.4, -0.2) is 30.5 Å². The smallest absolute Gasteiger partial charge is 0.269 e. The van der Waals surface area contributed by atoms with Gasteiger partial charge < -0.3 is 16.4 Å². The molecule has 0 heterocycles. The fraction of sp³-hybridized carbons (Fsp3) is 0.500. The first-order chi connectivity index (χ1) is 10.0. The Morgan fingerprint density at radius 3 is 2.55 bits per heavy atom. The number of carbonyl (C=O) groups is 1. The van der Waals surface area contributed by atoms with Gasteiger partial charge in [0.25, 0.3) is 5.69 Å². The molecule has 0 saturated carbocycles. The van der Waals surface area contributed by atoms with E-state index < -0.39 is 4.92 Å². The van der Waals surface area contributed by atoms with Crippen LogP contribution in [0.15, 0.2) is 24.3 Å². The molecule has 8 heteroatoms. The van der Waals surface area contributed by atoms with Crippen LogP contribution in [0, 0.1) is 16.0 Å². The molecule has 1 atom stereocenters. The Kier molecular flexibility index (Phi) is 9.89. The molecule has 0 spiro atoms. The summed E-state index contributed by atoms with van der Waals surface area (Å²) in [5.41, 5.74) is 6.34. The monoisotopic (exact) mass is 330 g/mol. The number of benzene rings is 1. The van der Waals surface area contributed by atoms with Crippen molar-refractivity contribution in [1.82, 2.24) is 5.32 Å². The molecule has 0 aliphatic heterocycles. The predicted octanol–water partition coefficient (Wildman–Crippen LogP) is 1.92. The van der Waals surface area contributed by atoms with Crippen molar-refractivity contribution in [1.29, 1.82) is 0 Å². The van der Waals surface area contributed by atoms with Crippen LogP contribution >= 0.6 is 12.4 Å². The van der Waals surface area contributed by atoms with E-state index in [0.29, 0.717) is 32.5 Å². The number of nitrogens with zero attached hydrogens (tertiary/aromatic N) is 1. The minimum Gasteiger partial charge on any atom is -0.385 e. The average molecular weight is 331 g/mol. The molecule has 0 fully saturated rings. The molecule has 1 rings (SSSR count). The fourth-order valence-electron chi connectivity index (χ4n) is 1.64. The molecule has 1 amide bonds. The quantitative estimate of drug-likeness (QED) is 0.364. The minimum atomic E-state index is -0.434. The highest BCUT2D eigenvalue weighted by molar-refractivity contribution is 5.85. The highest BCUT2D eigenvalue weighted by Gasteiger charge is 2.05. The summed E-state index contributed by atoms with van der Waals surface area (Å²) in [4.78, 5) is 21.6. The van der Waals surface area contributed by atoms with Crippen molar-refractivity contribution >= 4 is 29.7 Å². The number of nitro groups is 1. The van der Waals surface area contributed by atoms with E-state index in [4.69, 9.17) is 5.73 Å². The Labute approximate surface area is 136 Å².